The predicted molar refractivity (Wildman–Crippen MR) is 185 cm³/mol. The summed E-state index contributed by atoms with van der Waals surface area (Å²) in [5.74, 6) is 1.67. The molecule has 0 amide bonds. The van der Waals surface area contributed by atoms with E-state index in [1.165, 1.54) is 11.1 Å². The van der Waals surface area contributed by atoms with Gasteiger partial charge in [0.15, 0.2) is 0 Å². The molecule has 0 bridgehead atoms. The van der Waals surface area contributed by atoms with Crippen LogP contribution < -0.4 is 0 Å². The van der Waals surface area contributed by atoms with Crippen LogP contribution in [0, 0.1) is 11.8 Å². The molecule has 2 heterocycles. The van der Waals surface area contributed by atoms with Crippen LogP contribution in [0.3, 0.4) is 0 Å². The van der Waals surface area contributed by atoms with Gasteiger partial charge in [-0.3, -0.25) is 4.98 Å². The van der Waals surface area contributed by atoms with Gasteiger partial charge in [-0.15, -0.1) is 5.10 Å². The van der Waals surface area contributed by atoms with Crippen molar-refractivity contribution < 1.29 is 0 Å². The summed E-state index contributed by atoms with van der Waals surface area (Å²) in [7, 11) is 0. The second-order valence-electron chi connectivity index (χ2n) is 15.0. The minimum Gasteiger partial charge on any atom is -0.264 e. The molecule has 0 saturated carbocycles. The Hall–Kier alpha value is -2.49. The van der Waals surface area contributed by atoms with Gasteiger partial charge in [-0.1, -0.05) is 153 Å². The van der Waals surface area contributed by atoms with Crippen molar-refractivity contribution in [1.82, 2.24) is 20.0 Å². The third-order valence-corrected chi connectivity index (χ3v) is 4.98. The van der Waals surface area contributed by atoms with Crippen molar-refractivity contribution in [1.29, 1.82) is 0 Å². The Morgan fingerprint density at radius 3 is 1.22 bits per heavy atom. The van der Waals surface area contributed by atoms with Crippen molar-refractivity contribution in [3.05, 3.63) is 77.9 Å². The third-order valence-electron chi connectivity index (χ3n) is 4.98. The van der Waals surface area contributed by atoms with E-state index in [0.29, 0.717) is 11.5 Å². The molecule has 0 aliphatic rings. The number of benzene rings is 1. The number of aromatic nitrogens is 4. The summed E-state index contributed by atoms with van der Waals surface area (Å²) in [5.41, 5.74) is 4.36. The summed E-state index contributed by atoms with van der Waals surface area (Å²) < 4.78 is 1.89. The van der Waals surface area contributed by atoms with Crippen molar-refractivity contribution >= 4 is 0 Å². The van der Waals surface area contributed by atoms with Gasteiger partial charge in [-0.2, -0.15) is 0 Å². The molecule has 0 aliphatic carbocycles. The Balaban J connectivity index is -0.000000464. The molecule has 0 radical (unpaired) electrons. The first-order chi connectivity index (χ1) is 18.1. The molecule has 2 aromatic heterocycles. The maximum atomic E-state index is 4.12. The molecule has 0 saturated heterocycles. The maximum absolute atomic E-state index is 4.12. The zero-order chi connectivity index (χ0) is 31.7. The number of rotatable bonds is 1. The average molecular weight is 569 g/mol. The van der Waals surface area contributed by atoms with Gasteiger partial charge in [0.2, 0.25) is 0 Å². The number of hydrogen-bond acceptors (Lipinski definition) is 3. The molecule has 0 unspecified atom stereocenters. The zero-order valence-electron chi connectivity index (χ0n) is 29.3. The Bertz CT molecular complexity index is 920. The lowest BCUT2D eigenvalue weighted by atomic mass is 9.87. The molecule has 41 heavy (non-hydrogen) atoms. The van der Waals surface area contributed by atoms with Gasteiger partial charge in [0, 0.05) is 30.0 Å². The minimum absolute atomic E-state index is 0. The summed E-state index contributed by atoms with van der Waals surface area (Å²) in [5, 5.41) is 8.17. The highest BCUT2D eigenvalue weighted by Crippen LogP contribution is 2.21. The lowest BCUT2D eigenvalue weighted by Gasteiger charge is -2.18. The molecule has 3 rings (SSSR count). The monoisotopic (exact) mass is 569 g/mol. The van der Waals surface area contributed by atoms with E-state index in [-0.39, 0.29) is 18.3 Å². The first-order valence-electron chi connectivity index (χ1n) is 15.0. The van der Waals surface area contributed by atoms with Gasteiger partial charge in [0.1, 0.15) is 0 Å². The number of nitrogens with zero attached hydrogens (tertiary/aromatic N) is 4. The van der Waals surface area contributed by atoms with Crippen LogP contribution in [-0.4, -0.2) is 20.0 Å². The van der Waals surface area contributed by atoms with Crippen LogP contribution >= 0.6 is 0 Å². The lowest BCUT2D eigenvalue weighted by Crippen LogP contribution is -2.11. The van der Waals surface area contributed by atoms with E-state index in [2.05, 4.69) is 169 Å². The van der Waals surface area contributed by atoms with Crippen LogP contribution in [0.25, 0.3) is 0 Å². The van der Waals surface area contributed by atoms with E-state index >= 15 is 0 Å². The van der Waals surface area contributed by atoms with Crippen LogP contribution in [0.15, 0.2) is 61.1 Å². The molecule has 0 fully saturated rings. The van der Waals surface area contributed by atoms with Gasteiger partial charge in [-0.25, -0.2) is 4.68 Å². The molecule has 4 heteroatoms. The Morgan fingerprint density at radius 2 is 1.00 bits per heavy atom. The lowest BCUT2D eigenvalue weighted by molar-refractivity contribution is 0.514. The average Bonchev–Trinajstić information content (AvgIpc) is 3.31. The smallest absolute Gasteiger partial charge is 0.0880 e. The molecular formula is C37H68N4. The molecule has 4 nitrogen and oxygen atoms in total. The summed E-state index contributed by atoms with van der Waals surface area (Å²) >= 11 is 0. The highest BCUT2D eigenvalue weighted by molar-refractivity contribution is 5.22. The van der Waals surface area contributed by atoms with Crippen molar-refractivity contribution in [3.63, 3.8) is 0 Å². The Kier molecular flexibility index (Phi) is 21.4. The topological polar surface area (TPSA) is 43.6 Å². The van der Waals surface area contributed by atoms with E-state index in [4.69, 9.17) is 0 Å². The summed E-state index contributed by atoms with van der Waals surface area (Å²) in [6.07, 6.45) is 5.74. The van der Waals surface area contributed by atoms with Crippen molar-refractivity contribution in [3.8, 4) is 0 Å². The van der Waals surface area contributed by atoms with Crippen LogP contribution in [0.1, 0.15) is 148 Å². The van der Waals surface area contributed by atoms with Crippen LogP contribution in [0.4, 0.5) is 0 Å². The van der Waals surface area contributed by atoms with Gasteiger partial charge < -0.3 is 0 Å². The summed E-state index contributed by atoms with van der Waals surface area (Å²) in [6, 6.07) is 15.0. The molecule has 0 aliphatic heterocycles. The second kappa shape index (κ2) is 20.4. The molecule has 0 atom stereocenters. The fraction of sp³-hybridized carbons (Fsp3) is 0.649. The number of hydrogen-bond donors (Lipinski definition) is 0. The van der Waals surface area contributed by atoms with Crippen molar-refractivity contribution in [2.45, 2.75) is 147 Å². The van der Waals surface area contributed by atoms with E-state index < -0.39 is 0 Å². The van der Waals surface area contributed by atoms with Crippen LogP contribution in [0.5, 0.6) is 0 Å². The van der Waals surface area contributed by atoms with E-state index in [1.807, 2.05) is 23.1 Å². The van der Waals surface area contributed by atoms with Crippen molar-refractivity contribution in [2.24, 2.45) is 11.8 Å². The highest BCUT2D eigenvalue weighted by Gasteiger charge is 2.18. The van der Waals surface area contributed by atoms with Crippen molar-refractivity contribution in [2.75, 3.05) is 0 Å². The molecule has 0 spiro atoms. The van der Waals surface area contributed by atoms with Crippen LogP contribution in [0.2, 0.25) is 0 Å². The predicted octanol–water partition coefficient (Wildman–Crippen LogP) is 11.5. The first kappa shape index (κ1) is 43.0. The van der Waals surface area contributed by atoms with E-state index in [1.54, 1.807) is 6.20 Å². The van der Waals surface area contributed by atoms with E-state index in [0.717, 1.165) is 17.5 Å². The first-order valence-corrected chi connectivity index (χ1v) is 15.0. The van der Waals surface area contributed by atoms with E-state index in [9.17, 15) is 0 Å². The molecule has 0 N–H and O–H groups in total. The van der Waals surface area contributed by atoms with Gasteiger partial charge in [-0.05, 0) is 53.7 Å². The fourth-order valence-corrected chi connectivity index (χ4v) is 2.62. The van der Waals surface area contributed by atoms with Gasteiger partial charge in [0.05, 0.1) is 5.69 Å². The number of pyridine rings is 1. The Morgan fingerprint density at radius 1 is 0.585 bits per heavy atom. The molecule has 3 aromatic rings. The largest absolute Gasteiger partial charge is 0.264 e. The molecule has 236 valence electrons. The van der Waals surface area contributed by atoms with Crippen LogP contribution in [-0.2, 0) is 16.2 Å². The second-order valence-corrected chi connectivity index (χ2v) is 15.0. The van der Waals surface area contributed by atoms with Gasteiger partial charge >= 0.3 is 0 Å². The molecule has 1 aromatic carbocycles. The zero-order valence-corrected chi connectivity index (χ0v) is 29.3. The summed E-state index contributed by atoms with van der Waals surface area (Å²) in [4.78, 5) is 4.05. The normalized spacial score (nSPS) is 11.0. The Labute approximate surface area is 256 Å². The fourth-order valence-electron chi connectivity index (χ4n) is 2.62. The minimum atomic E-state index is 0. The standard InChI is InChI=1S/C10H14.C9H17N3.C9H13N.2C4H10.CH4/c1-10(2,3)9-7-5-4-6-8-9;1-7(2)12-6-8(10-11-12)9(3,4)5;1-9(2,3)8-5-4-6-10-7-8;2*1-4(2)3;/h4-8H,1-3H3;6-7H,1-5H3;4-7H,1-3H3;2*4H,1-3H3;1H4. The quantitative estimate of drug-likeness (QED) is 0.293. The van der Waals surface area contributed by atoms with Gasteiger partial charge in [0.25, 0.3) is 0 Å². The SMILES string of the molecule is C.CC(C)(C)c1ccccc1.CC(C)(C)c1cccnc1.CC(C)C.CC(C)C.CC(C)n1cc(C(C)(C)C)nn1. The maximum Gasteiger partial charge on any atom is 0.0880 e. The summed E-state index contributed by atoms with van der Waals surface area (Å²) in [6.45, 7) is 36.8. The highest BCUT2D eigenvalue weighted by atomic mass is 15.4. The third kappa shape index (κ3) is 23.9. The molecular weight excluding hydrogens is 500 g/mol.